The lowest BCUT2D eigenvalue weighted by Crippen LogP contribution is -2.29. The Labute approximate surface area is 176 Å². The summed E-state index contributed by atoms with van der Waals surface area (Å²) < 4.78 is 22.8. The highest BCUT2D eigenvalue weighted by atomic mass is 32.2. The van der Waals surface area contributed by atoms with Crippen molar-refractivity contribution in [2.75, 3.05) is 12.4 Å². The van der Waals surface area contributed by atoms with Crippen molar-refractivity contribution in [3.63, 3.8) is 0 Å². The Morgan fingerprint density at radius 1 is 1.17 bits per heavy atom. The van der Waals surface area contributed by atoms with Gasteiger partial charge in [-0.25, -0.2) is 13.6 Å². The monoisotopic (exact) mass is 437 g/mol. The average Bonchev–Trinajstić information content (AvgIpc) is 2.98. The second-order valence-electron chi connectivity index (χ2n) is 8.03. The molecule has 2 aromatic rings. The molecular weight excluding hydrogens is 410 g/mol. The number of aryl methyl sites for hydroxylation is 1. The summed E-state index contributed by atoms with van der Waals surface area (Å²) in [5, 5.41) is 8.61. The topological polar surface area (TPSA) is 110 Å². The minimum Gasteiger partial charge on any atom is -0.334 e. The Morgan fingerprint density at radius 2 is 1.72 bits per heavy atom. The van der Waals surface area contributed by atoms with Crippen molar-refractivity contribution >= 4 is 38.2 Å². The van der Waals surface area contributed by atoms with Gasteiger partial charge >= 0.3 is 0 Å². The first-order valence-electron chi connectivity index (χ1n) is 9.03. The molecule has 0 aliphatic carbocycles. The molecule has 0 unspecified atom stereocenters. The number of sulfonamides is 1. The molecule has 0 aliphatic heterocycles. The van der Waals surface area contributed by atoms with E-state index in [0.29, 0.717) is 9.88 Å². The quantitative estimate of drug-likeness (QED) is 0.746. The summed E-state index contributed by atoms with van der Waals surface area (Å²) in [4.78, 5) is 27.4. The molecule has 0 radical (unpaired) electrons. The van der Waals surface area contributed by atoms with Crippen molar-refractivity contribution in [1.82, 2.24) is 4.90 Å². The lowest BCUT2D eigenvalue weighted by Gasteiger charge is -2.25. The lowest BCUT2D eigenvalue weighted by molar-refractivity contribution is -0.123. The van der Waals surface area contributed by atoms with Crippen molar-refractivity contribution < 1.29 is 18.0 Å². The molecule has 0 fully saturated rings. The molecule has 0 spiro atoms. The van der Waals surface area contributed by atoms with Crippen molar-refractivity contribution in [1.29, 1.82) is 0 Å². The highest BCUT2D eigenvalue weighted by molar-refractivity contribution is 7.89. The molecule has 29 heavy (non-hydrogen) atoms. The summed E-state index contributed by atoms with van der Waals surface area (Å²) >= 11 is 1.24. The number of thiophene rings is 1. The molecule has 1 aromatic carbocycles. The van der Waals surface area contributed by atoms with Crippen LogP contribution in [0.4, 0.5) is 5.00 Å². The summed E-state index contributed by atoms with van der Waals surface area (Å²) in [6, 6.07) is 7.65. The van der Waals surface area contributed by atoms with Gasteiger partial charge in [-0.3, -0.25) is 9.59 Å². The minimum absolute atomic E-state index is 0.0239. The number of nitrogens with two attached hydrogens (primary N) is 1. The van der Waals surface area contributed by atoms with Gasteiger partial charge < -0.3 is 10.2 Å². The maximum absolute atomic E-state index is 13.0. The van der Waals surface area contributed by atoms with E-state index in [-0.39, 0.29) is 22.8 Å². The predicted molar refractivity (Wildman–Crippen MR) is 115 cm³/mol. The van der Waals surface area contributed by atoms with Gasteiger partial charge in [0.15, 0.2) is 0 Å². The molecule has 1 atom stereocenters. The SMILES string of the molecule is Cc1cc(NC(=O)C(C)(C)C)sc1C(=O)N(C)[C@H](C)c1ccc(S(N)(=O)=O)cc1. The first kappa shape index (κ1) is 23.1. The number of anilines is 1. The third-order valence-electron chi connectivity index (χ3n) is 4.62. The number of carbonyl (C=O) groups excluding carboxylic acids is 2. The summed E-state index contributed by atoms with van der Waals surface area (Å²) in [6.45, 7) is 9.16. The molecule has 158 valence electrons. The van der Waals surface area contributed by atoms with E-state index in [0.717, 1.165) is 11.1 Å². The largest absolute Gasteiger partial charge is 0.334 e. The van der Waals surface area contributed by atoms with Crippen LogP contribution in [0.5, 0.6) is 0 Å². The van der Waals surface area contributed by atoms with Crippen LogP contribution in [-0.4, -0.2) is 32.2 Å². The fourth-order valence-electron chi connectivity index (χ4n) is 2.55. The van der Waals surface area contributed by atoms with Gasteiger partial charge in [0.2, 0.25) is 15.9 Å². The Kier molecular flexibility index (Phi) is 6.56. The lowest BCUT2D eigenvalue weighted by atomic mass is 9.96. The van der Waals surface area contributed by atoms with Crippen LogP contribution < -0.4 is 10.5 Å². The second kappa shape index (κ2) is 8.25. The molecule has 1 heterocycles. The van der Waals surface area contributed by atoms with E-state index in [4.69, 9.17) is 5.14 Å². The number of primary sulfonamides is 1. The Bertz CT molecular complexity index is 1020. The Morgan fingerprint density at radius 3 is 2.21 bits per heavy atom. The normalized spacial score (nSPS) is 13.1. The number of hydrogen-bond acceptors (Lipinski definition) is 5. The van der Waals surface area contributed by atoms with Crippen molar-refractivity contribution in [3.05, 3.63) is 46.3 Å². The van der Waals surface area contributed by atoms with Crippen LogP contribution in [0.1, 0.15) is 54.5 Å². The Hall–Kier alpha value is -2.23. The van der Waals surface area contributed by atoms with Crippen LogP contribution in [0.2, 0.25) is 0 Å². The molecule has 9 heteroatoms. The number of amides is 2. The summed E-state index contributed by atoms with van der Waals surface area (Å²) in [7, 11) is -2.07. The smallest absolute Gasteiger partial charge is 0.264 e. The zero-order chi connectivity index (χ0) is 22.1. The van der Waals surface area contributed by atoms with Gasteiger partial charge in [-0.2, -0.15) is 0 Å². The number of nitrogens with one attached hydrogen (secondary N) is 1. The van der Waals surface area contributed by atoms with Gasteiger partial charge in [-0.1, -0.05) is 32.9 Å². The van der Waals surface area contributed by atoms with E-state index in [1.807, 2.05) is 34.6 Å². The maximum Gasteiger partial charge on any atom is 0.264 e. The molecule has 7 nitrogen and oxygen atoms in total. The van der Waals surface area contributed by atoms with Crippen molar-refractivity contribution in [2.24, 2.45) is 10.6 Å². The third kappa shape index (κ3) is 5.43. The Balaban J connectivity index is 2.20. The number of benzene rings is 1. The zero-order valence-corrected chi connectivity index (χ0v) is 19.1. The summed E-state index contributed by atoms with van der Waals surface area (Å²) in [5.41, 5.74) is 1.04. The molecule has 2 rings (SSSR count). The van der Waals surface area contributed by atoms with Crippen molar-refractivity contribution in [3.8, 4) is 0 Å². The molecule has 0 saturated carbocycles. The van der Waals surface area contributed by atoms with Crippen LogP contribution in [0.25, 0.3) is 0 Å². The first-order chi connectivity index (χ1) is 13.2. The molecule has 2 amide bonds. The molecule has 1 aromatic heterocycles. The number of carbonyl (C=O) groups is 2. The van der Waals surface area contributed by atoms with E-state index >= 15 is 0 Å². The molecular formula is C20H27N3O4S2. The van der Waals surface area contributed by atoms with Gasteiger partial charge in [-0.05, 0) is 43.2 Å². The summed E-state index contributed by atoms with van der Waals surface area (Å²) in [6.07, 6.45) is 0. The number of hydrogen-bond donors (Lipinski definition) is 2. The third-order valence-corrected chi connectivity index (χ3v) is 6.69. The molecule has 0 bridgehead atoms. The van der Waals surface area contributed by atoms with E-state index in [2.05, 4.69) is 5.32 Å². The first-order valence-corrected chi connectivity index (χ1v) is 11.4. The van der Waals surface area contributed by atoms with Crippen LogP contribution in [0.15, 0.2) is 35.2 Å². The fraction of sp³-hybridized carbons (Fsp3) is 0.400. The number of nitrogens with zero attached hydrogens (tertiary/aromatic N) is 1. The van der Waals surface area contributed by atoms with Crippen molar-refractivity contribution in [2.45, 2.75) is 45.6 Å². The molecule has 3 N–H and O–H groups in total. The second-order valence-corrected chi connectivity index (χ2v) is 10.6. The minimum atomic E-state index is -3.76. The van der Waals surface area contributed by atoms with E-state index < -0.39 is 15.4 Å². The van der Waals surface area contributed by atoms with Crippen LogP contribution in [0, 0.1) is 12.3 Å². The number of rotatable bonds is 5. The van der Waals surface area contributed by atoms with E-state index in [1.165, 1.54) is 23.5 Å². The fourth-order valence-corrected chi connectivity index (χ4v) is 4.12. The van der Waals surface area contributed by atoms with Gasteiger partial charge in [0.25, 0.3) is 5.91 Å². The van der Waals surface area contributed by atoms with Crippen LogP contribution in [0.3, 0.4) is 0 Å². The summed E-state index contributed by atoms with van der Waals surface area (Å²) in [5.74, 6) is -0.291. The van der Waals surface area contributed by atoms with Gasteiger partial charge in [0.05, 0.1) is 20.8 Å². The highest BCUT2D eigenvalue weighted by Crippen LogP contribution is 2.31. The van der Waals surface area contributed by atoms with Gasteiger partial charge in [0, 0.05) is 12.5 Å². The van der Waals surface area contributed by atoms with Crippen LogP contribution >= 0.6 is 11.3 Å². The van der Waals surface area contributed by atoms with E-state index in [9.17, 15) is 18.0 Å². The molecule has 0 aliphatic rings. The van der Waals surface area contributed by atoms with Gasteiger partial charge in [-0.15, -0.1) is 11.3 Å². The standard InChI is InChI=1S/C20H27N3O4S2/c1-12-11-16(22-19(25)20(3,4)5)28-17(12)18(24)23(6)13(2)14-7-9-15(10-8-14)29(21,26)27/h7-11,13H,1-6H3,(H,22,25)(H2,21,26,27)/t13-/m1/s1. The zero-order valence-electron chi connectivity index (χ0n) is 17.4. The predicted octanol–water partition coefficient (Wildman–Crippen LogP) is 3.52. The molecule has 0 saturated heterocycles. The van der Waals surface area contributed by atoms with Crippen LogP contribution in [-0.2, 0) is 14.8 Å². The highest BCUT2D eigenvalue weighted by Gasteiger charge is 2.25. The maximum atomic E-state index is 13.0. The average molecular weight is 438 g/mol. The van der Waals surface area contributed by atoms with Gasteiger partial charge in [0.1, 0.15) is 0 Å². The van der Waals surface area contributed by atoms with E-state index in [1.54, 1.807) is 30.1 Å².